The third kappa shape index (κ3) is 3.51. The van der Waals surface area contributed by atoms with Crippen LogP contribution in [0.2, 0.25) is 0 Å². The lowest BCUT2D eigenvalue weighted by Crippen LogP contribution is -2.23. The number of aliphatic hydroxyl groups excluding tert-OH is 2. The maximum atomic E-state index is 11.0. The molecule has 1 heterocycles. The maximum absolute atomic E-state index is 11.0. The van der Waals surface area contributed by atoms with Crippen LogP contribution in [0.15, 0.2) is 18.5 Å². The van der Waals surface area contributed by atoms with Crippen molar-refractivity contribution in [1.29, 1.82) is 0 Å². The number of carbonyl (C=O) groups excluding carboxylic acids is 2. The zero-order valence-electron chi connectivity index (χ0n) is 9.74. The van der Waals surface area contributed by atoms with Crippen LogP contribution < -0.4 is 5.73 Å². The van der Waals surface area contributed by atoms with E-state index in [2.05, 4.69) is 9.72 Å². The van der Waals surface area contributed by atoms with Gasteiger partial charge in [0.05, 0.1) is 25.2 Å². The number of primary amides is 1. The molecule has 0 aliphatic rings. The van der Waals surface area contributed by atoms with E-state index >= 15 is 0 Å². The highest BCUT2D eigenvalue weighted by Crippen LogP contribution is 2.19. The number of rotatable bonds is 5. The summed E-state index contributed by atoms with van der Waals surface area (Å²) in [5.41, 5.74) is 5.37. The first-order chi connectivity index (χ1) is 8.45. The summed E-state index contributed by atoms with van der Waals surface area (Å²) < 4.78 is 4.37. The highest BCUT2D eigenvalue weighted by atomic mass is 16.5. The lowest BCUT2D eigenvalue weighted by Gasteiger charge is -2.17. The van der Waals surface area contributed by atoms with Crippen LogP contribution in [-0.4, -0.2) is 40.3 Å². The van der Waals surface area contributed by atoms with Gasteiger partial charge < -0.3 is 20.7 Å². The smallest absolute Gasteiger partial charge is 0.308 e. The molecule has 1 amide bonds. The van der Waals surface area contributed by atoms with E-state index in [0.29, 0.717) is 0 Å². The van der Waals surface area contributed by atoms with Gasteiger partial charge in [-0.15, -0.1) is 0 Å². The lowest BCUT2D eigenvalue weighted by molar-refractivity contribution is -0.144. The average Bonchev–Trinajstić information content (AvgIpc) is 2.37. The van der Waals surface area contributed by atoms with E-state index in [0.717, 1.165) is 0 Å². The van der Waals surface area contributed by atoms with Gasteiger partial charge >= 0.3 is 5.97 Å². The number of methoxy groups -OCH3 is 1. The van der Waals surface area contributed by atoms with Crippen molar-refractivity contribution in [2.24, 2.45) is 5.73 Å². The number of hydrogen-bond acceptors (Lipinski definition) is 6. The Morgan fingerprint density at radius 2 is 2.11 bits per heavy atom. The molecule has 0 aromatic carbocycles. The van der Waals surface area contributed by atoms with Crippen LogP contribution >= 0.6 is 0 Å². The average molecular weight is 254 g/mol. The number of ether oxygens (including phenoxy) is 1. The van der Waals surface area contributed by atoms with E-state index in [1.807, 2.05) is 0 Å². The Morgan fingerprint density at radius 3 is 2.67 bits per heavy atom. The summed E-state index contributed by atoms with van der Waals surface area (Å²) in [7, 11) is 1.18. The molecule has 0 bridgehead atoms. The molecule has 0 aliphatic heterocycles. The molecule has 0 saturated heterocycles. The summed E-state index contributed by atoms with van der Waals surface area (Å²) in [6.07, 6.45) is -0.542. The van der Waals surface area contributed by atoms with Gasteiger partial charge in [-0.05, 0) is 6.07 Å². The lowest BCUT2D eigenvalue weighted by atomic mass is 10.0. The molecule has 2 atom stereocenters. The maximum Gasteiger partial charge on any atom is 0.308 e. The first kappa shape index (κ1) is 14.1. The summed E-state index contributed by atoms with van der Waals surface area (Å²) in [4.78, 5) is 25.6. The van der Waals surface area contributed by atoms with Crippen LogP contribution in [0.5, 0.6) is 0 Å². The van der Waals surface area contributed by atoms with Gasteiger partial charge in [0, 0.05) is 18.0 Å². The number of pyridine rings is 1. The SMILES string of the molecule is COC(=O)CC(O)C(O)c1cncc(C(N)=O)c1. The Morgan fingerprint density at radius 1 is 1.44 bits per heavy atom. The zero-order chi connectivity index (χ0) is 13.7. The van der Waals surface area contributed by atoms with Crippen molar-refractivity contribution in [3.63, 3.8) is 0 Å². The first-order valence-corrected chi connectivity index (χ1v) is 5.13. The van der Waals surface area contributed by atoms with Crippen molar-refractivity contribution < 1.29 is 24.5 Å². The Kier molecular flexibility index (Phi) is 4.75. The monoisotopic (exact) mass is 254 g/mol. The van der Waals surface area contributed by atoms with Crippen molar-refractivity contribution in [2.45, 2.75) is 18.6 Å². The first-order valence-electron chi connectivity index (χ1n) is 5.13. The van der Waals surface area contributed by atoms with Crippen molar-refractivity contribution in [3.05, 3.63) is 29.6 Å². The molecular formula is C11H14N2O5. The van der Waals surface area contributed by atoms with Crippen LogP contribution in [0.1, 0.15) is 28.4 Å². The molecule has 0 radical (unpaired) electrons. The molecule has 2 unspecified atom stereocenters. The second-order valence-electron chi connectivity index (χ2n) is 3.66. The van der Waals surface area contributed by atoms with Gasteiger partial charge in [-0.1, -0.05) is 0 Å². The van der Waals surface area contributed by atoms with Gasteiger partial charge in [0.25, 0.3) is 0 Å². The van der Waals surface area contributed by atoms with Crippen LogP contribution in [0.3, 0.4) is 0 Å². The predicted molar refractivity (Wildman–Crippen MR) is 60.4 cm³/mol. The summed E-state index contributed by atoms with van der Waals surface area (Å²) in [6, 6.07) is 1.31. The standard InChI is InChI=1S/C11H14N2O5/c1-18-9(15)3-8(14)10(16)6-2-7(11(12)17)5-13-4-6/h2,4-5,8,10,14,16H,3H2,1H3,(H2,12,17). The number of hydrogen-bond donors (Lipinski definition) is 3. The third-order valence-electron chi connectivity index (χ3n) is 2.35. The highest BCUT2D eigenvalue weighted by molar-refractivity contribution is 5.92. The van der Waals surface area contributed by atoms with Crippen LogP contribution in [0, 0.1) is 0 Å². The molecule has 1 aromatic heterocycles. The molecule has 0 fully saturated rings. The van der Waals surface area contributed by atoms with Crippen LogP contribution in [0.4, 0.5) is 0 Å². The topological polar surface area (TPSA) is 123 Å². The van der Waals surface area contributed by atoms with Crippen molar-refractivity contribution in [1.82, 2.24) is 4.98 Å². The summed E-state index contributed by atoms with van der Waals surface area (Å²) in [6.45, 7) is 0. The minimum atomic E-state index is -1.35. The number of carbonyl (C=O) groups is 2. The molecule has 1 aromatic rings. The second-order valence-corrected chi connectivity index (χ2v) is 3.66. The second kappa shape index (κ2) is 6.08. The Balaban J connectivity index is 2.82. The van der Waals surface area contributed by atoms with Gasteiger partial charge in [-0.2, -0.15) is 0 Å². The summed E-state index contributed by atoms with van der Waals surface area (Å²) in [5, 5.41) is 19.4. The van der Waals surface area contributed by atoms with Crippen molar-refractivity contribution >= 4 is 11.9 Å². The Bertz CT molecular complexity index is 449. The van der Waals surface area contributed by atoms with Gasteiger partial charge in [0.15, 0.2) is 0 Å². The van der Waals surface area contributed by atoms with Gasteiger partial charge in [-0.3, -0.25) is 14.6 Å². The number of esters is 1. The number of aromatic nitrogens is 1. The Hall–Kier alpha value is -1.99. The molecule has 0 spiro atoms. The van der Waals surface area contributed by atoms with E-state index in [9.17, 15) is 19.8 Å². The number of nitrogens with two attached hydrogens (primary N) is 1. The number of aliphatic hydroxyl groups is 2. The molecule has 7 heteroatoms. The van der Waals surface area contributed by atoms with E-state index in [1.54, 1.807) is 0 Å². The van der Waals surface area contributed by atoms with Gasteiger partial charge in [0.1, 0.15) is 6.10 Å². The molecule has 0 aliphatic carbocycles. The van der Waals surface area contributed by atoms with Gasteiger partial charge in [-0.25, -0.2) is 0 Å². The highest BCUT2D eigenvalue weighted by Gasteiger charge is 2.22. The van der Waals surface area contributed by atoms with E-state index < -0.39 is 24.1 Å². The van der Waals surface area contributed by atoms with Crippen LogP contribution in [0.25, 0.3) is 0 Å². The minimum Gasteiger partial charge on any atom is -0.469 e. The third-order valence-corrected chi connectivity index (χ3v) is 2.35. The minimum absolute atomic E-state index is 0.108. The summed E-state index contributed by atoms with van der Waals surface area (Å²) >= 11 is 0. The fraction of sp³-hybridized carbons (Fsp3) is 0.364. The van der Waals surface area contributed by atoms with Crippen molar-refractivity contribution in [2.75, 3.05) is 7.11 Å². The molecule has 18 heavy (non-hydrogen) atoms. The fourth-order valence-electron chi connectivity index (χ4n) is 1.34. The van der Waals surface area contributed by atoms with Gasteiger partial charge in [0.2, 0.25) is 5.91 Å². The zero-order valence-corrected chi connectivity index (χ0v) is 9.74. The van der Waals surface area contributed by atoms with E-state index in [1.165, 1.54) is 25.6 Å². The van der Waals surface area contributed by atoms with Crippen molar-refractivity contribution in [3.8, 4) is 0 Å². The van der Waals surface area contributed by atoms with E-state index in [4.69, 9.17) is 5.73 Å². The normalized spacial score (nSPS) is 13.7. The fourth-order valence-corrected chi connectivity index (χ4v) is 1.34. The number of nitrogens with zero attached hydrogens (tertiary/aromatic N) is 1. The molecule has 1 rings (SSSR count). The Labute approximate surface area is 103 Å². The van der Waals surface area contributed by atoms with E-state index in [-0.39, 0.29) is 17.5 Å². The quantitative estimate of drug-likeness (QED) is 0.587. The molecular weight excluding hydrogens is 240 g/mol. The predicted octanol–water partition coefficient (Wildman–Crippen LogP) is -0.862. The van der Waals surface area contributed by atoms with Crippen LogP contribution in [-0.2, 0) is 9.53 Å². The number of amides is 1. The molecule has 4 N–H and O–H groups in total. The summed E-state index contributed by atoms with van der Waals surface area (Å²) in [5.74, 6) is -1.35. The molecule has 0 saturated carbocycles. The molecule has 7 nitrogen and oxygen atoms in total. The molecule has 98 valence electrons. The largest absolute Gasteiger partial charge is 0.469 e.